The van der Waals surface area contributed by atoms with Gasteiger partial charge in [-0.1, -0.05) is 32.9 Å². The van der Waals surface area contributed by atoms with E-state index in [1.54, 1.807) is 52.2 Å². The second kappa shape index (κ2) is 51.0. The molecule has 1 rings (SSSR count). The molecule has 28 heteroatoms. The zero-order valence-corrected chi connectivity index (χ0v) is 47.2. The fraction of sp³-hybridized carbons (Fsp3) is 0.745. The van der Waals surface area contributed by atoms with Gasteiger partial charge < -0.3 is 95.0 Å². The third-order valence-electron chi connectivity index (χ3n) is 10.2. The maximum Gasteiger partial charge on any atom is 0.407 e. The lowest BCUT2D eigenvalue weighted by Crippen LogP contribution is -2.55. The number of hydrazone groups is 1. The number of aliphatic imine (C=N–C) groups is 1. The lowest BCUT2D eigenvalue weighted by molar-refractivity contribution is -0.152. The lowest BCUT2D eigenvalue weighted by Gasteiger charge is -2.25. The number of carbonyl (C=O) groups is 5. The highest BCUT2D eigenvalue weighted by Gasteiger charge is 2.29. The highest BCUT2D eigenvalue weighted by molar-refractivity contribution is 6.31. The maximum absolute atomic E-state index is 13.4. The first kappa shape index (κ1) is 71.8. The van der Waals surface area contributed by atoms with E-state index in [9.17, 15) is 24.0 Å². The van der Waals surface area contributed by atoms with E-state index < -0.39 is 41.9 Å². The molecule has 0 saturated carbocycles. The van der Waals surface area contributed by atoms with Gasteiger partial charge in [-0.15, -0.1) is 0 Å². The molecular weight excluding hydrogens is 1040 g/mol. The first-order chi connectivity index (χ1) is 38.4. The zero-order valence-electron chi connectivity index (χ0n) is 47.2. The number of alkyl carbamates (subject to hydrolysis) is 1. The van der Waals surface area contributed by atoms with Crippen molar-refractivity contribution in [2.24, 2.45) is 27.6 Å². The number of anilines is 1. The number of primary amides is 1. The van der Waals surface area contributed by atoms with Crippen molar-refractivity contribution in [2.75, 3.05) is 191 Å². The van der Waals surface area contributed by atoms with E-state index in [1.807, 2.05) is 0 Å². The molecule has 0 aliphatic rings. The second-order valence-corrected chi connectivity index (χ2v) is 17.4. The standard InChI is InChI=1S/C51H92N10O18/c1-6-15-67-17-19-69-21-23-71-25-27-73-29-31-75-33-35-77-36-34-76-32-30-74-28-26-72-24-22-70-20-18-68-16-14-54-37-44(60-53)38-56-51(66)78-39-42-9-11-43(12-10-42)57-48(63)45(8-7-13-55-50(52)65)58-49(64)47(41(2)3)59-46(62)40-79-61(4)5/h9-12,37,41,45,47H,6-8,13-36,38-40,53H2,1-5H3,(H,56,66)(H,57,63)(H,58,64)(H,59,62)(H3,52,55,65)/t45-,47-/m0/s1. The molecular formula is C51H92N10O18. The number of urea groups is 1. The monoisotopic (exact) mass is 1130 g/mol. The van der Waals surface area contributed by atoms with Crippen LogP contribution in [0.1, 0.15) is 45.6 Å². The number of nitrogens with two attached hydrogens (primary N) is 2. The van der Waals surface area contributed by atoms with Crippen LogP contribution >= 0.6 is 0 Å². The van der Waals surface area contributed by atoms with E-state index in [0.29, 0.717) is 169 Å². The maximum atomic E-state index is 13.4. The van der Waals surface area contributed by atoms with Gasteiger partial charge in [-0.3, -0.25) is 24.2 Å². The Hall–Kier alpha value is -5.21. The highest BCUT2D eigenvalue weighted by Crippen LogP contribution is 2.13. The Morgan fingerprint density at radius 2 is 1.08 bits per heavy atom. The Morgan fingerprint density at radius 1 is 0.620 bits per heavy atom. The van der Waals surface area contributed by atoms with Gasteiger partial charge in [0.05, 0.1) is 158 Å². The van der Waals surface area contributed by atoms with Gasteiger partial charge in [0, 0.05) is 39.1 Å². The molecule has 79 heavy (non-hydrogen) atoms. The number of rotatable bonds is 53. The molecule has 2 atom stereocenters. The van der Waals surface area contributed by atoms with Gasteiger partial charge in [-0.2, -0.15) is 10.2 Å². The van der Waals surface area contributed by atoms with Gasteiger partial charge in [0.1, 0.15) is 25.3 Å². The Balaban J connectivity index is 2.10. The summed E-state index contributed by atoms with van der Waals surface area (Å²) < 4.78 is 65.6. The number of amides is 6. The molecule has 0 unspecified atom stereocenters. The predicted octanol–water partition coefficient (Wildman–Crippen LogP) is 0.397. The number of carbonyl (C=O) groups excluding carboxylic acids is 5. The van der Waals surface area contributed by atoms with E-state index in [-0.39, 0.29) is 38.6 Å². The predicted molar refractivity (Wildman–Crippen MR) is 293 cm³/mol. The van der Waals surface area contributed by atoms with Crippen molar-refractivity contribution < 1.29 is 85.7 Å². The Morgan fingerprint density at radius 3 is 1.49 bits per heavy atom. The number of nitrogens with zero attached hydrogens (tertiary/aromatic N) is 3. The van der Waals surface area contributed by atoms with E-state index in [4.69, 9.17) is 73.3 Å². The van der Waals surface area contributed by atoms with Crippen LogP contribution in [0.4, 0.5) is 15.3 Å². The summed E-state index contributed by atoms with van der Waals surface area (Å²) in [6, 6.07) is 3.80. The van der Waals surface area contributed by atoms with Crippen LogP contribution < -0.4 is 38.2 Å². The molecule has 0 saturated heterocycles. The zero-order chi connectivity index (χ0) is 57.8. The minimum absolute atomic E-state index is 0.0367. The smallest absolute Gasteiger partial charge is 0.407 e. The number of ether oxygens (including phenoxy) is 12. The molecule has 0 aromatic heterocycles. The summed E-state index contributed by atoms with van der Waals surface area (Å²) in [4.78, 5) is 72.1. The van der Waals surface area contributed by atoms with Crippen LogP contribution in [0.3, 0.4) is 0 Å². The molecule has 0 aliphatic heterocycles. The third kappa shape index (κ3) is 44.3. The van der Waals surface area contributed by atoms with Gasteiger partial charge in [0.15, 0.2) is 0 Å². The molecule has 0 aliphatic carbocycles. The Bertz CT molecular complexity index is 1770. The summed E-state index contributed by atoms with van der Waals surface area (Å²) in [7, 11) is 3.24. The van der Waals surface area contributed by atoms with Crippen LogP contribution in [0.15, 0.2) is 34.4 Å². The van der Waals surface area contributed by atoms with Gasteiger partial charge >= 0.3 is 12.1 Å². The number of hydrogen-bond acceptors (Lipinski definition) is 22. The molecule has 0 heterocycles. The largest absolute Gasteiger partial charge is 0.445 e. The third-order valence-corrected chi connectivity index (χ3v) is 10.2. The van der Waals surface area contributed by atoms with Crippen molar-refractivity contribution in [3.63, 3.8) is 0 Å². The molecule has 28 nitrogen and oxygen atoms in total. The minimum Gasteiger partial charge on any atom is -0.445 e. The average Bonchev–Trinajstić information content (AvgIpc) is 3.43. The van der Waals surface area contributed by atoms with E-state index in [0.717, 1.165) is 13.0 Å². The lowest BCUT2D eigenvalue weighted by atomic mass is 10.0. The summed E-state index contributed by atoms with van der Waals surface area (Å²) in [6.45, 7) is 16.3. The van der Waals surface area contributed by atoms with E-state index >= 15 is 0 Å². The molecule has 6 amide bonds. The summed E-state index contributed by atoms with van der Waals surface area (Å²) in [5, 5.41) is 18.1. The molecule has 0 bridgehead atoms. The Kier molecular flexibility index (Phi) is 46.3. The van der Waals surface area contributed by atoms with Crippen molar-refractivity contribution in [3.8, 4) is 0 Å². The van der Waals surface area contributed by atoms with Crippen LogP contribution in [0, 0.1) is 5.92 Å². The number of hydroxylamine groups is 2. The summed E-state index contributed by atoms with van der Waals surface area (Å²) >= 11 is 0. The number of nitrogens with one attached hydrogen (secondary N) is 5. The van der Waals surface area contributed by atoms with E-state index in [1.165, 1.54) is 11.3 Å². The SMILES string of the molecule is CCCOCCOCCOCCOCCOCCOCCOCCOCCOCCOCCOCCN=CC(CNC(=O)OCc1ccc(NC(=O)[C@H](CCCNC(N)=O)NC(=O)[C@@H](NC(=O)CON(C)C)C(C)C)cc1)=NN. The number of hydrogen-bond donors (Lipinski definition) is 7. The van der Waals surface area contributed by atoms with Gasteiger partial charge in [0.25, 0.3) is 0 Å². The molecule has 1 aromatic carbocycles. The highest BCUT2D eigenvalue weighted by atomic mass is 16.7. The molecule has 9 N–H and O–H groups in total. The van der Waals surface area contributed by atoms with Crippen LogP contribution in [-0.2, 0) is 82.7 Å². The Labute approximate surface area is 465 Å². The second-order valence-electron chi connectivity index (χ2n) is 17.4. The quantitative estimate of drug-likeness (QED) is 0.0201. The minimum atomic E-state index is -1.03. The van der Waals surface area contributed by atoms with Crippen molar-refractivity contribution in [1.29, 1.82) is 0 Å². The van der Waals surface area contributed by atoms with Crippen molar-refractivity contribution >= 4 is 47.5 Å². The van der Waals surface area contributed by atoms with Gasteiger partial charge in [0.2, 0.25) is 17.7 Å². The summed E-state index contributed by atoms with van der Waals surface area (Å²) in [5.41, 5.74) is 6.49. The van der Waals surface area contributed by atoms with Crippen LogP contribution in [0.2, 0.25) is 0 Å². The molecule has 0 fully saturated rings. The fourth-order valence-electron chi connectivity index (χ4n) is 6.12. The molecule has 0 radical (unpaired) electrons. The van der Waals surface area contributed by atoms with Gasteiger partial charge in [-0.25, -0.2) is 9.59 Å². The fourth-order valence-corrected chi connectivity index (χ4v) is 6.12. The molecule has 454 valence electrons. The first-order valence-electron chi connectivity index (χ1n) is 26.7. The van der Waals surface area contributed by atoms with Crippen molar-refractivity contribution in [2.45, 2.75) is 58.7 Å². The molecule has 1 aromatic rings. The van der Waals surface area contributed by atoms with Crippen LogP contribution in [0.5, 0.6) is 0 Å². The summed E-state index contributed by atoms with van der Waals surface area (Å²) in [5.74, 6) is 3.53. The van der Waals surface area contributed by atoms with Crippen LogP contribution in [-0.4, -0.2) is 245 Å². The van der Waals surface area contributed by atoms with E-state index in [2.05, 4.69) is 43.6 Å². The topological polar surface area (TPSA) is 345 Å². The average molecular weight is 1130 g/mol. The van der Waals surface area contributed by atoms with Crippen molar-refractivity contribution in [3.05, 3.63) is 29.8 Å². The molecule has 0 spiro atoms. The van der Waals surface area contributed by atoms with Gasteiger partial charge in [-0.05, 0) is 42.9 Å². The number of benzene rings is 1. The van der Waals surface area contributed by atoms with Crippen molar-refractivity contribution in [1.82, 2.24) is 26.3 Å². The normalized spacial score (nSPS) is 12.5. The summed E-state index contributed by atoms with van der Waals surface area (Å²) in [6.07, 6.45) is 2.17. The van der Waals surface area contributed by atoms with Crippen LogP contribution in [0.25, 0.3) is 0 Å². The first-order valence-corrected chi connectivity index (χ1v) is 26.7.